The summed E-state index contributed by atoms with van der Waals surface area (Å²) in [7, 11) is 0. The molecular formula is C9H7BrF2N2O2. The van der Waals surface area contributed by atoms with E-state index < -0.39 is 23.9 Å². The Kier molecular flexibility index (Phi) is 2.57. The Balaban J connectivity index is 2.33. The molecule has 0 unspecified atom stereocenters. The van der Waals surface area contributed by atoms with E-state index in [0.717, 1.165) is 0 Å². The fraction of sp³-hybridized carbons (Fsp3) is 0.333. The molecule has 0 aromatic heterocycles. The maximum absolute atomic E-state index is 12.7. The van der Waals surface area contributed by atoms with Gasteiger partial charge >= 0.3 is 0 Å². The molecular weight excluding hydrogens is 286 g/mol. The molecule has 4 nitrogen and oxygen atoms in total. The average Bonchev–Trinajstić information content (AvgIpc) is 2.13. The van der Waals surface area contributed by atoms with Gasteiger partial charge < -0.3 is 4.90 Å². The first kappa shape index (κ1) is 11.3. The summed E-state index contributed by atoms with van der Waals surface area (Å²) in [4.78, 5) is 11.4. The van der Waals surface area contributed by atoms with Crippen LogP contribution in [0.25, 0.3) is 0 Å². The highest BCUT2D eigenvalue weighted by atomic mass is 79.9. The Morgan fingerprint density at radius 3 is 2.56 bits per heavy atom. The SMILES string of the molecule is O=[N+]([O-])c1ccc(Br)cc1N1CC(F)(F)C1. The van der Waals surface area contributed by atoms with Gasteiger partial charge in [0.05, 0.1) is 18.0 Å². The van der Waals surface area contributed by atoms with Crippen molar-refractivity contribution in [1.29, 1.82) is 0 Å². The van der Waals surface area contributed by atoms with E-state index in [0.29, 0.717) is 4.47 Å². The molecule has 0 amide bonds. The van der Waals surface area contributed by atoms with Crippen molar-refractivity contribution >= 4 is 27.3 Å². The molecule has 86 valence electrons. The van der Waals surface area contributed by atoms with Gasteiger partial charge in [-0.15, -0.1) is 0 Å². The van der Waals surface area contributed by atoms with Crippen LogP contribution in [-0.4, -0.2) is 23.9 Å². The molecule has 1 aromatic carbocycles. The molecule has 1 aliphatic rings. The van der Waals surface area contributed by atoms with Gasteiger partial charge in [-0.2, -0.15) is 0 Å². The van der Waals surface area contributed by atoms with Crippen LogP contribution in [0.1, 0.15) is 0 Å². The van der Waals surface area contributed by atoms with Crippen LogP contribution in [0.2, 0.25) is 0 Å². The maximum Gasteiger partial charge on any atom is 0.292 e. The van der Waals surface area contributed by atoms with Crippen molar-refractivity contribution in [2.24, 2.45) is 0 Å². The molecule has 0 spiro atoms. The van der Waals surface area contributed by atoms with Gasteiger partial charge in [0, 0.05) is 10.5 Å². The minimum Gasteiger partial charge on any atom is -0.354 e. The predicted octanol–water partition coefficient (Wildman–Crippen LogP) is 2.81. The van der Waals surface area contributed by atoms with Crippen molar-refractivity contribution in [3.63, 3.8) is 0 Å². The van der Waals surface area contributed by atoms with Gasteiger partial charge in [0.2, 0.25) is 0 Å². The van der Waals surface area contributed by atoms with Crippen molar-refractivity contribution in [3.05, 3.63) is 32.8 Å². The highest BCUT2D eigenvalue weighted by Gasteiger charge is 2.45. The molecule has 7 heteroatoms. The molecule has 1 heterocycles. The molecule has 2 rings (SSSR count). The van der Waals surface area contributed by atoms with Crippen LogP contribution in [0.3, 0.4) is 0 Å². The lowest BCUT2D eigenvalue weighted by atomic mass is 10.1. The summed E-state index contributed by atoms with van der Waals surface area (Å²) in [5.41, 5.74) is 0.0731. The third-order valence-corrected chi connectivity index (χ3v) is 2.81. The molecule has 1 fully saturated rings. The van der Waals surface area contributed by atoms with Crippen LogP contribution in [0.5, 0.6) is 0 Å². The zero-order valence-electron chi connectivity index (χ0n) is 7.99. The Bertz CT molecular complexity index is 445. The molecule has 0 N–H and O–H groups in total. The Labute approximate surface area is 98.1 Å². The van der Waals surface area contributed by atoms with E-state index in [-0.39, 0.29) is 11.4 Å². The summed E-state index contributed by atoms with van der Waals surface area (Å²) in [6.45, 7) is -0.936. The number of nitro groups is 1. The molecule has 1 aromatic rings. The summed E-state index contributed by atoms with van der Waals surface area (Å²) < 4.78 is 26.0. The van der Waals surface area contributed by atoms with Crippen molar-refractivity contribution in [3.8, 4) is 0 Å². The van der Waals surface area contributed by atoms with Crippen LogP contribution in [0.4, 0.5) is 20.2 Å². The molecule has 0 bridgehead atoms. The second kappa shape index (κ2) is 3.65. The van der Waals surface area contributed by atoms with Crippen LogP contribution in [0, 0.1) is 10.1 Å². The van der Waals surface area contributed by atoms with Gasteiger partial charge in [-0.1, -0.05) is 15.9 Å². The second-order valence-corrected chi connectivity index (χ2v) is 4.52. The van der Waals surface area contributed by atoms with Gasteiger partial charge in [-0.05, 0) is 12.1 Å². The number of nitrogens with zero attached hydrogens (tertiary/aromatic N) is 2. The van der Waals surface area contributed by atoms with Crippen molar-refractivity contribution in [2.45, 2.75) is 5.92 Å². The molecule has 0 saturated carbocycles. The first-order chi connectivity index (χ1) is 7.39. The normalized spacial score (nSPS) is 18.1. The third-order valence-electron chi connectivity index (χ3n) is 2.32. The largest absolute Gasteiger partial charge is 0.354 e. The van der Waals surface area contributed by atoms with Crippen molar-refractivity contribution in [1.82, 2.24) is 0 Å². The second-order valence-electron chi connectivity index (χ2n) is 3.60. The Morgan fingerprint density at radius 2 is 2.06 bits per heavy atom. The van der Waals surface area contributed by atoms with Crippen molar-refractivity contribution < 1.29 is 13.7 Å². The zero-order chi connectivity index (χ0) is 11.9. The molecule has 0 atom stereocenters. The van der Waals surface area contributed by atoms with Crippen LogP contribution < -0.4 is 4.90 Å². The Morgan fingerprint density at radius 1 is 1.44 bits per heavy atom. The average molecular weight is 293 g/mol. The van der Waals surface area contributed by atoms with Crippen molar-refractivity contribution in [2.75, 3.05) is 18.0 Å². The van der Waals surface area contributed by atoms with E-state index in [4.69, 9.17) is 0 Å². The lowest BCUT2D eigenvalue weighted by Gasteiger charge is -2.40. The first-order valence-electron chi connectivity index (χ1n) is 4.46. The molecule has 1 aliphatic heterocycles. The maximum atomic E-state index is 12.7. The third kappa shape index (κ3) is 1.99. The molecule has 1 saturated heterocycles. The Hall–Kier alpha value is -1.24. The number of alkyl halides is 2. The van der Waals surface area contributed by atoms with E-state index in [1.807, 2.05) is 0 Å². The van der Waals surface area contributed by atoms with Gasteiger partial charge in [0.15, 0.2) is 0 Å². The standard InChI is InChI=1S/C9H7BrF2N2O2/c10-6-1-2-7(14(15)16)8(3-6)13-4-9(11,12)5-13/h1-3H,4-5H2. The predicted molar refractivity (Wildman–Crippen MR) is 58.0 cm³/mol. The zero-order valence-corrected chi connectivity index (χ0v) is 9.58. The monoisotopic (exact) mass is 292 g/mol. The number of anilines is 1. The summed E-state index contributed by atoms with van der Waals surface area (Å²) in [5, 5.41) is 10.7. The number of rotatable bonds is 2. The van der Waals surface area contributed by atoms with Gasteiger partial charge in [0.25, 0.3) is 11.6 Å². The smallest absolute Gasteiger partial charge is 0.292 e. The van der Waals surface area contributed by atoms with Gasteiger partial charge in [-0.25, -0.2) is 8.78 Å². The van der Waals surface area contributed by atoms with E-state index >= 15 is 0 Å². The van der Waals surface area contributed by atoms with Gasteiger partial charge in [-0.3, -0.25) is 10.1 Å². The van der Waals surface area contributed by atoms with E-state index in [1.165, 1.54) is 23.1 Å². The summed E-state index contributed by atoms with van der Waals surface area (Å²) in [6.07, 6.45) is 0. The molecule has 16 heavy (non-hydrogen) atoms. The quantitative estimate of drug-likeness (QED) is 0.622. The van der Waals surface area contributed by atoms with E-state index in [2.05, 4.69) is 15.9 Å². The fourth-order valence-corrected chi connectivity index (χ4v) is 1.94. The number of halogens is 3. The molecule has 0 aliphatic carbocycles. The number of hydrogen-bond donors (Lipinski definition) is 0. The van der Waals surface area contributed by atoms with Gasteiger partial charge in [0.1, 0.15) is 5.69 Å². The molecule has 0 radical (unpaired) electrons. The number of benzene rings is 1. The highest BCUT2D eigenvalue weighted by molar-refractivity contribution is 9.10. The van der Waals surface area contributed by atoms with Crippen LogP contribution in [0.15, 0.2) is 22.7 Å². The van der Waals surface area contributed by atoms with E-state index in [9.17, 15) is 18.9 Å². The van der Waals surface area contributed by atoms with Crippen LogP contribution in [-0.2, 0) is 0 Å². The summed E-state index contributed by atoms with van der Waals surface area (Å²) in [6, 6.07) is 4.29. The number of nitro benzene ring substituents is 1. The summed E-state index contributed by atoms with van der Waals surface area (Å²) >= 11 is 3.16. The van der Waals surface area contributed by atoms with E-state index in [1.54, 1.807) is 0 Å². The highest BCUT2D eigenvalue weighted by Crippen LogP contribution is 2.38. The number of hydrogen-bond acceptors (Lipinski definition) is 3. The topological polar surface area (TPSA) is 46.4 Å². The fourth-order valence-electron chi connectivity index (χ4n) is 1.59. The first-order valence-corrected chi connectivity index (χ1v) is 5.25. The lowest BCUT2D eigenvalue weighted by molar-refractivity contribution is -0.384. The minimum absolute atomic E-state index is 0.154. The summed E-state index contributed by atoms with van der Waals surface area (Å²) in [5.74, 6) is -2.74. The minimum atomic E-state index is -2.74. The lowest BCUT2D eigenvalue weighted by Crippen LogP contribution is -2.56. The van der Waals surface area contributed by atoms with Crippen LogP contribution >= 0.6 is 15.9 Å².